The molecule has 4 heterocycles. The van der Waals surface area contributed by atoms with Crippen molar-refractivity contribution in [3.05, 3.63) is 127 Å². The van der Waals surface area contributed by atoms with Crippen LogP contribution in [0.1, 0.15) is 49.4 Å². The van der Waals surface area contributed by atoms with Crippen molar-refractivity contribution in [1.29, 1.82) is 0 Å². The molecule has 0 radical (unpaired) electrons. The number of aromatic nitrogens is 3. The molecule has 5 aromatic rings. The predicted molar refractivity (Wildman–Crippen MR) is 173 cm³/mol. The van der Waals surface area contributed by atoms with Gasteiger partial charge in [0.25, 0.3) is 5.56 Å². The fraction of sp³-hybridized carbons (Fsp3) is 0.206. The Kier molecular flexibility index (Phi) is 8.81. The van der Waals surface area contributed by atoms with Gasteiger partial charge in [0.05, 0.1) is 34.6 Å². The smallest absolute Gasteiger partial charge is 0.338 e. The molecule has 228 valence electrons. The lowest BCUT2D eigenvalue weighted by Crippen LogP contribution is -2.40. The Morgan fingerprint density at radius 3 is 2.58 bits per heavy atom. The number of carbonyl (C=O) groups excluding carboxylic acids is 1. The molecule has 45 heavy (non-hydrogen) atoms. The largest absolute Gasteiger partial charge is 0.491 e. The number of furan rings is 1. The van der Waals surface area contributed by atoms with Crippen LogP contribution in [0, 0.1) is 6.92 Å². The molecule has 1 aliphatic rings. The van der Waals surface area contributed by atoms with Crippen LogP contribution in [0.3, 0.4) is 0 Å². The van der Waals surface area contributed by atoms with Crippen LogP contribution in [-0.2, 0) is 9.53 Å². The monoisotopic (exact) mass is 638 g/mol. The molecule has 0 spiro atoms. The van der Waals surface area contributed by atoms with Gasteiger partial charge < -0.3 is 13.9 Å². The van der Waals surface area contributed by atoms with Crippen molar-refractivity contribution in [3.8, 4) is 5.75 Å². The molecule has 0 bridgehead atoms. The van der Waals surface area contributed by atoms with Gasteiger partial charge in [0.2, 0.25) is 0 Å². The summed E-state index contributed by atoms with van der Waals surface area (Å²) in [4.78, 5) is 41.8. The molecule has 6 rings (SSSR count). The van der Waals surface area contributed by atoms with Crippen molar-refractivity contribution in [1.82, 2.24) is 14.5 Å². The molecule has 11 heteroatoms. The minimum absolute atomic E-state index is 0.00181. The number of hydrogen-bond acceptors (Lipinski definition) is 10. The average Bonchev–Trinajstić information content (AvgIpc) is 3.59. The van der Waals surface area contributed by atoms with Crippen molar-refractivity contribution in [2.24, 2.45) is 4.99 Å². The Balaban J connectivity index is 1.49. The summed E-state index contributed by atoms with van der Waals surface area (Å²) in [5, 5.41) is 1.16. The summed E-state index contributed by atoms with van der Waals surface area (Å²) < 4.78 is 19.4. The quantitative estimate of drug-likeness (QED) is 0.152. The molecule has 9 nitrogen and oxygen atoms in total. The number of hydrogen-bond donors (Lipinski definition) is 0. The zero-order valence-electron chi connectivity index (χ0n) is 25.1. The maximum Gasteiger partial charge on any atom is 0.338 e. The lowest BCUT2D eigenvalue weighted by molar-refractivity contribution is -0.138. The number of esters is 1. The standard InChI is InChI=1S/C34H30N4O5S2/c1-5-41-32(40)28-29(22-9-7-6-8-10-22)37-34-38(30(28)23-11-13-24(14-12-23)42-20(2)3)31(39)26(44-34)19-25-15-16-27(43-25)45-33-35-18-17-21(4)36-33/h6-20,30H,5H2,1-4H3/b26-19-/t30-/m1/s1. The molecule has 3 aromatic heterocycles. The summed E-state index contributed by atoms with van der Waals surface area (Å²) >= 11 is 2.53. The maximum absolute atomic E-state index is 14.1. The fourth-order valence-corrected chi connectivity index (χ4v) is 6.66. The first-order valence-corrected chi connectivity index (χ1v) is 16.1. The van der Waals surface area contributed by atoms with Gasteiger partial charge in [0, 0.05) is 23.5 Å². The Bertz CT molecular complexity index is 2060. The van der Waals surface area contributed by atoms with Crippen molar-refractivity contribution >= 4 is 40.8 Å². The Morgan fingerprint density at radius 2 is 1.87 bits per heavy atom. The van der Waals surface area contributed by atoms with Gasteiger partial charge in [-0.05, 0) is 75.4 Å². The number of nitrogens with zero attached hydrogens (tertiary/aromatic N) is 4. The van der Waals surface area contributed by atoms with Gasteiger partial charge in [0.15, 0.2) is 15.1 Å². The Hall–Kier alpha value is -4.74. The number of fused-ring (bicyclic) bond motifs is 1. The Morgan fingerprint density at radius 1 is 1.09 bits per heavy atom. The summed E-state index contributed by atoms with van der Waals surface area (Å²) in [6.07, 6.45) is 3.39. The van der Waals surface area contributed by atoms with Crippen molar-refractivity contribution < 1.29 is 18.7 Å². The number of carbonyl (C=O) groups is 1. The van der Waals surface area contributed by atoms with Crippen LogP contribution < -0.4 is 19.6 Å². The summed E-state index contributed by atoms with van der Waals surface area (Å²) in [6.45, 7) is 7.74. The lowest BCUT2D eigenvalue weighted by atomic mass is 9.93. The maximum atomic E-state index is 14.1. The molecule has 1 atom stereocenters. The molecule has 2 aromatic carbocycles. The fourth-order valence-electron chi connectivity index (χ4n) is 4.92. The van der Waals surface area contributed by atoms with Crippen molar-refractivity contribution in [3.63, 3.8) is 0 Å². The van der Waals surface area contributed by atoms with E-state index < -0.39 is 12.0 Å². The predicted octanol–water partition coefficient (Wildman–Crippen LogP) is 5.57. The van der Waals surface area contributed by atoms with E-state index in [9.17, 15) is 9.59 Å². The highest BCUT2D eigenvalue weighted by Gasteiger charge is 2.35. The van der Waals surface area contributed by atoms with Gasteiger partial charge in [-0.1, -0.05) is 53.8 Å². The Labute approximate surface area is 267 Å². The normalized spacial score (nSPS) is 14.8. The molecule has 0 fully saturated rings. The van der Waals surface area contributed by atoms with Gasteiger partial charge in [-0.25, -0.2) is 19.8 Å². The van der Waals surface area contributed by atoms with Gasteiger partial charge in [0.1, 0.15) is 11.5 Å². The molecular weight excluding hydrogens is 609 g/mol. The van der Waals surface area contributed by atoms with E-state index in [0.29, 0.717) is 36.8 Å². The molecule has 0 saturated heterocycles. The highest BCUT2D eigenvalue weighted by Crippen LogP contribution is 2.36. The van der Waals surface area contributed by atoms with Crippen LogP contribution in [0.25, 0.3) is 11.8 Å². The first kappa shape index (κ1) is 30.3. The van der Waals surface area contributed by atoms with E-state index in [1.165, 1.54) is 23.1 Å². The van der Waals surface area contributed by atoms with E-state index in [1.54, 1.807) is 29.8 Å². The summed E-state index contributed by atoms with van der Waals surface area (Å²) in [5.74, 6) is 0.650. The van der Waals surface area contributed by atoms with E-state index in [4.69, 9.17) is 18.9 Å². The summed E-state index contributed by atoms with van der Waals surface area (Å²) in [5.41, 5.74) is 2.77. The van der Waals surface area contributed by atoms with Gasteiger partial charge in [-0.15, -0.1) is 0 Å². The number of aryl methyl sites for hydroxylation is 1. The first-order valence-electron chi connectivity index (χ1n) is 14.4. The second-order valence-electron chi connectivity index (χ2n) is 10.4. The van der Waals surface area contributed by atoms with Crippen LogP contribution in [0.5, 0.6) is 5.75 Å². The zero-order valence-corrected chi connectivity index (χ0v) is 26.7. The summed E-state index contributed by atoms with van der Waals surface area (Å²) in [7, 11) is 0. The highest BCUT2D eigenvalue weighted by molar-refractivity contribution is 7.99. The highest BCUT2D eigenvalue weighted by atomic mass is 32.2. The molecule has 1 aliphatic heterocycles. The van der Waals surface area contributed by atoms with E-state index in [2.05, 4.69) is 9.97 Å². The number of ether oxygens (including phenoxy) is 2. The van der Waals surface area contributed by atoms with Crippen LogP contribution in [0.2, 0.25) is 0 Å². The van der Waals surface area contributed by atoms with Crippen molar-refractivity contribution in [2.75, 3.05) is 6.61 Å². The lowest BCUT2D eigenvalue weighted by Gasteiger charge is -2.26. The minimum atomic E-state index is -0.785. The topological polar surface area (TPSA) is 109 Å². The van der Waals surface area contributed by atoms with E-state index in [1.807, 2.05) is 87.5 Å². The molecule has 0 N–H and O–H groups in total. The molecule has 0 amide bonds. The second kappa shape index (κ2) is 13.1. The van der Waals surface area contributed by atoms with Crippen LogP contribution in [0.4, 0.5) is 0 Å². The zero-order chi connectivity index (χ0) is 31.5. The second-order valence-corrected chi connectivity index (χ2v) is 12.4. The minimum Gasteiger partial charge on any atom is -0.491 e. The third kappa shape index (κ3) is 6.54. The first-order chi connectivity index (χ1) is 21.8. The summed E-state index contributed by atoms with van der Waals surface area (Å²) in [6, 6.07) is 21.5. The molecule has 0 aliphatic carbocycles. The number of benzene rings is 2. The third-order valence-corrected chi connectivity index (χ3v) is 8.56. The van der Waals surface area contributed by atoms with E-state index in [-0.39, 0.29) is 23.8 Å². The van der Waals surface area contributed by atoms with E-state index in [0.717, 1.165) is 16.8 Å². The van der Waals surface area contributed by atoms with E-state index >= 15 is 0 Å². The van der Waals surface area contributed by atoms with Gasteiger partial charge >= 0.3 is 5.97 Å². The average molecular weight is 639 g/mol. The number of thiazole rings is 1. The molecular formula is C34H30N4O5S2. The van der Waals surface area contributed by atoms with Crippen LogP contribution in [-0.4, -0.2) is 33.2 Å². The van der Waals surface area contributed by atoms with Crippen LogP contribution >= 0.6 is 23.1 Å². The molecule has 0 saturated carbocycles. The van der Waals surface area contributed by atoms with Gasteiger partial charge in [-0.3, -0.25) is 9.36 Å². The molecule has 0 unspecified atom stereocenters. The number of rotatable bonds is 9. The van der Waals surface area contributed by atoms with Crippen molar-refractivity contribution in [2.45, 2.75) is 50.1 Å². The third-order valence-electron chi connectivity index (χ3n) is 6.78. The van der Waals surface area contributed by atoms with Crippen LogP contribution in [0.15, 0.2) is 109 Å². The van der Waals surface area contributed by atoms with Gasteiger partial charge in [-0.2, -0.15) is 0 Å². The SMILES string of the molecule is CCOC(=O)C1=C(c2ccccc2)N=c2s/c(=C\c3ccc(Sc4nccc(C)n4)o3)c(=O)n2[C@@H]1c1ccc(OC(C)C)cc1.